The molecule has 57 heavy (non-hydrogen) atoms. The topological polar surface area (TPSA) is 124 Å². The first-order chi connectivity index (χ1) is 27.1. The summed E-state index contributed by atoms with van der Waals surface area (Å²) in [5.74, 6) is 0.585. The van der Waals surface area contributed by atoms with Crippen molar-refractivity contribution in [3.8, 4) is 33.8 Å². The molecule has 0 amide bonds. The van der Waals surface area contributed by atoms with Gasteiger partial charge in [0.1, 0.15) is 33.6 Å². The van der Waals surface area contributed by atoms with Crippen LogP contribution in [0.4, 0.5) is 0 Å². The van der Waals surface area contributed by atoms with Gasteiger partial charge in [0.15, 0.2) is 0 Å². The van der Waals surface area contributed by atoms with Crippen LogP contribution in [0.15, 0.2) is 126 Å². The minimum absolute atomic E-state index is 0.256. The molecule has 2 aromatic heterocycles. The van der Waals surface area contributed by atoms with E-state index in [-0.39, 0.29) is 10.8 Å². The molecule has 0 unspecified atom stereocenters. The largest absolute Gasteiger partial charge is 0.507 e. The Balaban J connectivity index is 1.24. The first-order valence-corrected chi connectivity index (χ1v) is 21.2. The number of hydrogen-bond donors (Lipinski definition) is 4. The van der Waals surface area contributed by atoms with Crippen molar-refractivity contribution in [1.29, 1.82) is 0 Å². The molecular weight excluding hydrogens is 765 g/mol. The number of nitrogens with zero attached hydrogens (tertiary/aromatic N) is 4. The molecule has 8 nitrogen and oxygen atoms in total. The van der Waals surface area contributed by atoms with Crippen LogP contribution in [0, 0.1) is 13.8 Å². The second-order valence-corrected chi connectivity index (χ2v) is 19.9. The van der Waals surface area contributed by atoms with Gasteiger partial charge in [0.2, 0.25) is 0 Å². The predicted molar refractivity (Wildman–Crippen MR) is 234 cm³/mol. The number of phenolic OH excluding ortho intramolecular Hbond substituents is 2. The van der Waals surface area contributed by atoms with Gasteiger partial charge in [-0.1, -0.05) is 89.0 Å². The van der Waals surface area contributed by atoms with E-state index in [1.165, 1.54) is 0 Å². The molecule has 11 heteroatoms. The van der Waals surface area contributed by atoms with Crippen LogP contribution in [0.3, 0.4) is 0 Å². The van der Waals surface area contributed by atoms with Crippen molar-refractivity contribution in [2.45, 2.75) is 95.6 Å². The Morgan fingerprint density at radius 2 is 0.789 bits per heavy atom. The lowest BCUT2D eigenvalue weighted by Crippen LogP contribution is -2.12. The van der Waals surface area contributed by atoms with Crippen LogP contribution in [-0.2, 0) is 10.8 Å². The molecule has 0 radical (unpaired) electrons. The summed E-state index contributed by atoms with van der Waals surface area (Å²) in [4.78, 5) is 6.11. The average Bonchev–Trinajstić information content (AvgIpc) is 3.83. The highest BCUT2D eigenvalue weighted by Crippen LogP contribution is 2.48. The van der Waals surface area contributed by atoms with Gasteiger partial charge in [-0.15, -0.1) is 0 Å². The minimum atomic E-state index is -0.256. The summed E-state index contributed by atoms with van der Waals surface area (Å²) >= 11 is 4.93. The molecule has 0 bridgehead atoms. The molecule has 2 heterocycles. The molecule has 8 rings (SSSR count). The smallest absolute Gasteiger partial charge is 0.127 e. The zero-order valence-electron chi connectivity index (χ0n) is 33.1. The molecule has 0 saturated heterocycles. The van der Waals surface area contributed by atoms with Crippen molar-refractivity contribution in [1.82, 2.24) is 30.8 Å². The molecule has 4 N–H and O–H groups in total. The van der Waals surface area contributed by atoms with Crippen molar-refractivity contribution in [3.63, 3.8) is 0 Å². The highest BCUT2D eigenvalue weighted by Gasteiger charge is 2.25. The number of aromatic nitrogens is 6. The highest BCUT2D eigenvalue weighted by atomic mass is 32.2. The van der Waals surface area contributed by atoms with Crippen LogP contribution in [0.25, 0.3) is 44.3 Å². The fourth-order valence-electron chi connectivity index (χ4n) is 7.01. The molecule has 0 fully saturated rings. The normalized spacial score (nSPS) is 12.2. The van der Waals surface area contributed by atoms with E-state index in [2.05, 4.69) is 159 Å². The average molecular weight is 809 g/mol. The molecule has 0 aliphatic rings. The third kappa shape index (κ3) is 8.01. The molecule has 0 aliphatic carbocycles. The maximum atomic E-state index is 11.9. The van der Waals surface area contributed by atoms with E-state index in [1.54, 1.807) is 35.3 Å². The number of phenols is 2. The SMILES string of the molecule is Cc1cc(-c2cc(Sc3ccc(Sc4ccc5n[nH]nc5c4)c(-c4cc(C)cc(C(C)(C)C)c4O)c3)ccc2Sc2ccc3n[nH]nc3c2)c(O)c(C(C)(C)C)c1. The Morgan fingerprint density at radius 3 is 1.19 bits per heavy atom. The molecule has 0 spiro atoms. The van der Waals surface area contributed by atoms with Crippen molar-refractivity contribution in [2.75, 3.05) is 0 Å². The third-order valence-corrected chi connectivity index (χ3v) is 13.0. The van der Waals surface area contributed by atoms with E-state index in [0.29, 0.717) is 11.5 Å². The molecule has 0 aliphatic heterocycles. The van der Waals surface area contributed by atoms with E-state index in [0.717, 1.165) is 95.9 Å². The summed E-state index contributed by atoms with van der Waals surface area (Å²) in [5, 5.41) is 46.3. The number of aryl methyl sites for hydroxylation is 2. The van der Waals surface area contributed by atoms with Gasteiger partial charge in [-0.3, -0.25) is 0 Å². The summed E-state index contributed by atoms with van der Waals surface area (Å²) in [6.07, 6.45) is 0. The van der Waals surface area contributed by atoms with Crippen molar-refractivity contribution in [2.24, 2.45) is 0 Å². The van der Waals surface area contributed by atoms with Crippen LogP contribution >= 0.6 is 35.3 Å². The van der Waals surface area contributed by atoms with Gasteiger partial charge in [-0.2, -0.15) is 30.8 Å². The van der Waals surface area contributed by atoms with Gasteiger partial charge in [0.05, 0.1) is 0 Å². The lowest BCUT2D eigenvalue weighted by atomic mass is 9.83. The fraction of sp³-hybridized carbons (Fsp3) is 0.217. The predicted octanol–water partition coefficient (Wildman–Crippen LogP) is 12.6. The number of rotatable bonds is 8. The van der Waals surface area contributed by atoms with E-state index in [1.807, 2.05) is 24.3 Å². The number of fused-ring (bicyclic) bond motifs is 2. The van der Waals surface area contributed by atoms with Crippen LogP contribution < -0.4 is 0 Å². The standard InChI is InChI=1S/C46H44N6O2S3/c1-25-17-33(43(53)35(19-25)45(3,4)5)31-21-27(11-15-41(31)56-29-9-13-37-39(23-29)49-51-47-37)55-28-12-16-42(57-30-10-14-38-40(24-30)50-52-48-38)32(22-28)34-18-26(2)20-36(44(34)54)46(6,7)8/h9-24,53-54H,1-8H3,(H,47,49,51)(H,48,50,52). The maximum Gasteiger partial charge on any atom is 0.127 e. The van der Waals surface area contributed by atoms with Gasteiger partial charge < -0.3 is 10.2 Å². The maximum absolute atomic E-state index is 11.9. The van der Waals surface area contributed by atoms with Crippen LogP contribution in [0.2, 0.25) is 0 Å². The second-order valence-electron chi connectivity index (χ2n) is 16.5. The van der Waals surface area contributed by atoms with Crippen LogP contribution in [0.5, 0.6) is 11.5 Å². The number of H-pyrrole nitrogens is 2. The van der Waals surface area contributed by atoms with Crippen LogP contribution in [0.1, 0.15) is 63.8 Å². The summed E-state index contributed by atoms with van der Waals surface area (Å²) < 4.78 is 0. The van der Waals surface area contributed by atoms with Crippen molar-refractivity contribution in [3.05, 3.63) is 119 Å². The molecule has 8 aromatic rings. The summed E-state index contributed by atoms with van der Waals surface area (Å²) in [5.41, 5.74) is 10.2. The van der Waals surface area contributed by atoms with E-state index in [4.69, 9.17) is 0 Å². The minimum Gasteiger partial charge on any atom is -0.507 e. The van der Waals surface area contributed by atoms with Crippen molar-refractivity contribution < 1.29 is 10.2 Å². The van der Waals surface area contributed by atoms with Crippen molar-refractivity contribution >= 4 is 57.4 Å². The Bertz CT molecular complexity index is 2620. The molecular formula is C46H44N6O2S3. The highest BCUT2D eigenvalue weighted by molar-refractivity contribution is 8.00. The number of aromatic amines is 2. The number of benzene rings is 6. The van der Waals surface area contributed by atoms with Gasteiger partial charge in [-0.25, -0.2) is 0 Å². The lowest BCUT2D eigenvalue weighted by Gasteiger charge is -2.24. The molecule has 0 atom stereocenters. The monoisotopic (exact) mass is 808 g/mol. The molecule has 0 saturated carbocycles. The second kappa shape index (κ2) is 14.9. The Morgan fingerprint density at radius 1 is 0.421 bits per heavy atom. The Kier molecular flexibility index (Phi) is 10.1. The van der Waals surface area contributed by atoms with E-state index < -0.39 is 0 Å². The number of hydrogen-bond acceptors (Lipinski definition) is 9. The summed E-state index contributed by atoms with van der Waals surface area (Å²) in [6.45, 7) is 16.9. The van der Waals surface area contributed by atoms with Crippen LogP contribution in [-0.4, -0.2) is 41.0 Å². The summed E-state index contributed by atoms with van der Waals surface area (Å²) in [6, 6.07) is 33.3. The Labute approximate surface area is 345 Å². The molecule has 6 aromatic carbocycles. The zero-order valence-corrected chi connectivity index (χ0v) is 35.6. The number of nitrogens with one attached hydrogen (secondary N) is 2. The van der Waals surface area contributed by atoms with Gasteiger partial charge in [-0.05, 0) is 121 Å². The van der Waals surface area contributed by atoms with Gasteiger partial charge in [0, 0.05) is 62.8 Å². The first kappa shape index (κ1) is 38.6. The van der Waals surface area contributed by atoms with Gasteiger partial charge >= 0.3 is 0 Å². The quantitative estimate of drug-likeness (QED) is 0.119. The fourth-order valence-corrected chi connectivity index (χ4v) is 9.86. The Hall–Kier alpha value is -5.23. The van der Waals surface area contributed by atoms with E-state index in [9.17, 15) is 10.2 Å². The third-order valence-electron chi connectivity index (χ3n) is 9.87. The lowest BCUT2D eigenvalue weighted by molar-refractivity contribution is 0.447. The number of aromatic hydroxyl groups is 2. The van der Waals surface area contributed by atoms with E-state index >= 15 is 0 Å². The molecule has 288 valence electrons. The summed E-state index contributed by atoms with van der Waals surface area (Å²) in [7, 11) is 0. The zero-order chi connectivity index (χ0) is 40.2. The van der Waals surface area contributed by atoms with Gasteiger partial charge in [0.25, 0.3) is 0 Å². The first-order valence-electron chi connectivity index (χ1n) is 18.7.